The third kappa shape index (κ3) is 5.88. The summed E-state index contributed by atoms with van der Waals surface area (Å²) in [5, 5.41) is 3.65. The van der Waals surface area contributed by atoms with E-state index in [1.807, 2.05) is 0 Å². The molecule has 0 saturated heterocycles. The normalized spacial score (nSPS) is 12.6. The van der Waals surface area contributed by atoms with Crippen LogP contribution in [0.25, 0.3) is 0 Å². The van der Waals surface area contributed by atoms with Gasteiger partial charge in [0, 0.05) is 6.04 Å². The highest BCUT2D eigenvalue weighted by molar-refractivity contribution is 5.21. The minimum absolute atomic E-state index is 0.696. The van der Waals surface area contributed by atoms with Crippen LogP contribution in [0.3, 0.4) is 0 Å². The second-order valence-corrected chi connectivity index (χ2v) is 4.96. The third-order valence-corrected chi connectivity index (χ3v) is 3.22. The molecule has 0 aliphatic heterocycles. The van der Waals surface area contributed by atoms with E-state index in [4.69, 9.17) is 0 Å². The molecule has 1 N–H and O–H groups in total. The van der Waals surface area contributed by atoms with Crippen molar-refractivity contribution in [3.05, 3.63) is 35.4 Å². The van der Waals surface area contributed by atoms with Gasteiger partial charge in [0.15, 0.2) is 0 Å². The molecule has 1 aromatic rings. The fourth-order valence-corrected chi connectivity index (χ4v) is 2.14. The summed E-state index contributed by atoms with van der Waals surface area (Å²) in [7, 11) is 0. The highest BCUT2D eigenvalue weighted by atomic mass is 14.9. The zero-order valence-electron chi connectivity index (χ0n) is 11.6. The van der Waals surface area contributed by atoms with E-state index in [1.165, 1.54) is 43.2 Å². The number of nitrogens with one attached hydrogen (secondary N) is 1. The highest BCUT2D eigenvalue weighted by Gasteiger charge is 2.06. The van der Waals surface area contributed by atoms with Crippen LogP contribution in [-0.4, -0.2) is 12.6 Å². The molecule has 0 fully saturated rings. The van der Waals surface area contributed by atoms with E-state index in [2.05, 4.69) is 50.4 Å². The first-order valence-corrected chi connectivity index (χ1v) is 7.05. The molecule has 0 saturated carbocycles. The zero-order valence-corrected chi connectivity index (χ0v) is 11.6. The standard InChI is InChI=1S/C16H27N/c1-4-6-16(17-13-5-2)12-11-15-9-7-14(3)8-10-15/h7-10,16-17H,4-6,11-13H2,1-3H3. The Hall–Kier alpha value is -0.820. The van der Waals surface area contributed by atoms with E-state index in [9.17, 15) is 0 Å². The van der Waals surface area contributed by atoms with Crippen molar-refractivity contribution in [2.24, 2.45) is 0 Å². The molecule has 0 heterocycles. The lowest BCUT2D eigenvalue weighted by molar-refractivity contribution is 0.449. The maximum atomic E-state index is 3.65. The quantitative estimate of drug-likeness (QED) is 0.713. The van der Waals surface area contributed by atoms with Gasteiger partial charge in [0.05, 0.1) is 0 Å². The Balaban J connectivity index is 2.37. The Bertz CT molecular complexity index is 289. The summed E-state index contributed by atoms with van der Waals surface area (Å²) in [6.45, 7) is 7.80. The first-order valence-electron chi connectivity index (χ1n) is 7.05. The van der Waals surface area contributed by atoms with Crippen molar-refractivity contribution in [3.8, 4) is 0 Å². The first-order chi connectivity index (χ1) is 8.26. The maximum Gasteiger partial charge on any atom is 0.00701 e. The lowest BCUT2D eigenvalue weighted by Crippen LogP contribution is -2.30. The van der Waals surface area contributed by atoms with Crippen molar-refractivity contribution in [1.29, 1.82) is 0 Å². The molecule has 0 spiro atoms. The van der Waals surface area contributed by atoms with Crippen LogP contribution >= 0.6 is 0 Å². The predicted octanol–water partition coefficient (Wildman–Crippen LogP) is 4.10. The van der Waals surface area contributed by atoms with E-state index >= 15 is 0 Å². The van der Waals surface area contributed by atoms with Gasteiger partial charge in [-0.3, -0.25) is 0 Å². The molecule has 0 bridgehead atoms. The van der Waals surface area contributed by atoms with E-state index in [0.717, 1.165) is 6.54 Å². The van der Waals surface area contributed by atoms with Gasteiger partial charge >= 0.3 is 0 Å². The van der Waals surface area contributed by atoms with Gasteiger partial charge in [0.1, 0.15) is 0 Å². The van der Waals surface area contributed by atoms with Crippen LogP contribution in [-0.2, 0) is 6.42 Å². The Labute approximate surface area is 107 Å². The summed E-state index contributed by atoms with van der Waals surface area (Å²) in [5.41, 5.74) is 2.82. The monoisotopic (exact) mass is 233 g/mol. The third-order valence-electron chi connectivity index (χ3n) is 3.22. The predicted molar refractivity (Wildman–Crippen MR) is 76.5 cm³/mol. The lowest BCUT2D eigenvalue weighted by Gasteiger charge is -2.17. The minimum atomic E-state index is 0.696. The summed E-state index contributed by atoms with van der Waals surface area (Å²) >= 11 is 0. The van der Waals surface area contributed by atoms with Crippen LogP contribution in [0.15, 0.2) is 24.3 Å². The summed E-state index contributed by atoms with van der Waals surface area (Å²) in [4.78, 5) is 0. The van der Waals surface area contributed by atoms with Crippen LogP contribution < -0.4 is 5.32 Å². The van der Waals surface area contributed by atoms with Gasteiger partial charge < -0.3 is 5.32 Å². The summed E-state index contributed by atoms with van der Waals surface area (Å²) in [6.07, 6.45) is 6.25. The molecular weight excluding hydrogens is 206 g/mol. The molecule has 0 amide bonds. The molecule has 1 rings (SSSR count). The molecule has 0 radical (unpaired) electrons. The van der Waals surface area contributed by atoms with E-state index < -0.39 is 0 Å². The molecule has 1 nitrogen and oxygen atoms in total. The molecule has 1 unspecified atom stereocenters. The van der Waals surface area contributed by atoms with Gasteiger partial charge in [-0.25, -0.2) is 0 Å². The van der Waals surface area contributed by atoms with Crippen LogP contribution in [0.5, 0.6) is 0 Å². The van der Waals surface area contributed by atoms with Gasteiger partial charge in [0.25, 0.3) is 0 Å². The van der Waals surface area contributed by atoms with Crippen LogP contribution in [0.1, 0.15) is 50.7 Å². The molecule has 96 valence electrons. The molecule has 17 heavy (non-hydrogen) atoms. The average Bonchev–Trinajstić information content (AvgIpc) is 2.35. The molecule has 0 aliphatic rings. The van der Waals surface area contributed by atoms with E-state index in [-0.39, 0.29) is 0 Å². The minimum Gasteiger partial charge on any atom is -0.314 e. The van der Waals surface area contributed by atoms with Crippen LogP contribution in [0, 0.1) is 6.92 Å². The fourth-order valence-electron chi connectivity index (χ4n) is 2.14. The van der Waals surface area contributed by atoms with E-state index in [1.54, 1.807) is 0 Å². The molecular formula is C16H27N. The Morgan fingerprint density at radius 1 is 1.00 bits per heavy atom. The van der Waals surface area contributed by atoms with Crippen molar-refractivity contribution >= 4 is 0 Å². The average molecular weight is 233 g/mol. The zero-order chi connectivity index (χ0) is 12.5. The van der Waals surface area contributed by atoms with Gasteiger partial charge in [-0.2, -0.15) is 0 Å². The fraction of sp³-hybridized carbons (Fsp3) is 0.625. The number of rotatable bonds is 8. The van der Waals surface area contributed by atoms with Gasteiger partial charge in [-0.05, 0) is 44.7 Å². The molecule has 1 heteroatoms. The molecule has 0 aromatic heterocycles. The second kappa shape index (κ2) is 8.30. The van der Waals surface area contributed by atoms with Gasteiger partial charge in [-0.1, -0.05) is 50.1 Å². The van der Waals surface area contributed by atoms with Crippen molar-refractivity contribution in [1.82, 2.24) is 5.32 Å². The summed E-state index contributed by atoms with van der Waals surface area (Å²) in [5.74, 6) is 0. The first kappa shape index (κ1) is 14.2. The van der Waals surface area contributed by atoms with Crippen molar-refractivity contribution in [2.75, 3.05) is 6.54 Å². The number of hydrogen-bond acceptors (Lipinski definition) is 1. The summed E-state index contributed by atoms with van der Waals surface area (Å²) in [6, 6.07) is 9.64. The van der Waals surface area contributed by atoms with Gasteiger partial charge in [-0.15, -0.1) is 0 Å². The molecule has 1 aromatic carbocycles. The molecule has 0 aliphatic carbocycles. The lowest BCUT2D eigenvalue weighted by atomic mass is 10.0. The van der Waals surface area contributed by atoms with Crippen molar-refractivity contribution in [3.63, 3.8) is 0 Å². The van der Waals surface area contributed by atoms with Crippen LogP contribution in [0.4, 0.5) is 0 Å². The largest absolute Gasteiger partial charge is 0.314 e. The van der Waals surface area contributed by atoms with E-state index in [0.29, 0.717) is 6.04 Å². The molecule has 1 atom stereocenters. The van der Waals surface area contributed by atoms with Crippen molar-refractivity contribution in [2.45, 2.75) is 58.9 Å². The van der Waals surface area contributed by atoms with Gasteiger partial charge in [0.2, 0.25) is 0 Å². The van der Waals surface area contributed by atoms with Crippen molar-refractivity contribution < 1.29 is 0 Å². The number of hydrogen-bond donors (Lipinski definition) is 1. The maximum absolute atomic E-state index is 3.65. The topological polar surface area (TPSA) is 12.0 Å². The number of benzene rings is 1. The SMILES string of the molecule is CCCNC(CCC)CCc1ccc(C)cc1. The van der Waals surface area contributed by atoms with Crippen LogP contribution in [0.2, 0.25) is 0 Å². The summed E-state index contributed by atoms with van der Waals surface area (Å²) < 4.78 is 0. The Morgan fingerprint density at radius 2 is 1.71 bits per heavy atom. The highest BCUT2D eigenvalue weighted by Crippen LogP contribution is 2.10. The smallest absolute Gasteiger partial charge is 0.00701 e. The number of aryl methyl sites for hydroxylation is 2. The Kier molecular flexibility index (Phi) is 6.95. The Morgan fingerprint density at radius 3 is 2.29 bits per heavy atom. The second-order valence-electron chi connectivity index (χ2n) is 4.96.